The lowest BCUT2D eigenvalue weighted by Crippen LogP contribution is -2.29. The van der Waals surface area contributed by atoms with E-state index >= 15 is 0 Å². The summed E-state index contributed by atoms with van der Waals surface area (Å²) in [5.41, 5.74) is 5.07. The average molecular weight is 279 g/mol. The van der Waals surface area contributed by atoms with Crippen LogP contribution < -0.4 is 9.99 Å². The van der Waals surface area contributed by atoms with E-state index in [2.05, 4.69) is 15.5 Å². The second kappa shape index (κ2) is 5.58. The van der Waals surface area contributed by atoms with Crippen molar-refractivity contribution in [3.05, 3.63) is 66.1 Å². The van der Waals surface area contributed by atoms with Gasteiger partial charge in [-0.3, -0.25) is 4.79 Å². The van der Waals surface area contributed by atoms with Gasteiger partial charge in [0.05, 0.1) is 6.21 Å². The third kappa shape index (κ3) is 2.81. The maximum atomic E-state index is 11.9. The fraction of sp³-hybridized carbons (Fsp3) is 0.0625. The summed E-state index contributed by atoms with van der Waals surface area (Å²) >= 11 is 0. The van der Waals surface area contributed by atoms with Crippen molar-refractivity contribution in [2.45, 2.75) is 0 Å². The summed E-state index contributed by atoms with van der Waals surface area (Å²) in [5.74, 6) is -0.234. The first kappa shape index (κ1) is 13.1. The largest absolute Gasteiger partial charge is 0.361 e. The van der Waals surface area contributed by atoms with Crippen LogP contribution in [0.3, 0.4) is 0 Å². The van der Waals surface area contributed by atoms with Gasteiger partial charge in [-0.05, 0) is 12.1 Å². The molecule has 0 aliphatic rings. The van der Waals surface area contributed by atoms with Crippen LogP contribution >= 0.6 is 0 Å². The molecular weight excluding hydrogens is 264 g/mol. The summed E-state index contributed by atoms with van der Waals surface area (Å²) in [6.45, 7) is 0. The molecule has 0 bridgehead atoms. The zero-order valence-corrected chi connectivity index (χ0v) is 11.6. The van der Waals surface area contributed by atoms with E-state index in [0.29, 0.717) is 5.56 Å². The first-order chi connectivity index (χ1) is 10.2. The highest BCUT2D eigenvalue weighted by atomic mass is 16.2. The average Bonchev–Trinajstić information content (AvgIpc) is 2.91. The Balaban J connectivity index is 1.74. The minimum absolute atomic E-state index is 0.234. The summed E-state index contributed by atoms with van der Waals surface area (Å²) < 4.78 is 1.82. The Hall–Kier alpha value is -2.95. The Morgan fingerprint density at radius 1 is 1.29 bits per heavy atom. The predicted molar refractivity (Wildman–Crippen MR) is 81.0 cm³/mol. The van der Waals surface area contributed by atoms with E-state index in [4.69, 9.17) is 0 Å². The highest BCUT2D eigenvalue weighted by Gasteiger charge is 2.07. The number of pyridine rings is 1. The van der Waals surface area contributed by atoms with E-state index in [9.17, 15) is 4.79 Å². The van der Waals surface area contributed by atoms with Crippen molar-refractivity contribution >= 4 is 23.0 Å². The van der Waals surface area contributed by atoms with Gasteiger partial charge in [-0.2, -0.15) is 5.10 Å². The Kier molecular flexibility index (Phi) is 3.47. The molecule has 1 aromatic carbocycles. The molecule has 21 heavy (non-hydrogen) atoms. The maximum absolute atomic E-state index is 11.9. The standard InChI is InChI=1S/C16H14N4O/c1-20-8-4-5-12(11-20)16(21)19-18-10-13-9-17-15-7-3-2-6-14(13)15/h2-11H,1H3,(H-,17,18,19,21)/p+1. The monoisotopic (exact) mass is 279 g/mol. The van der Waals surface area contributed by atoms with Gasteiger partial charge in [0.1, 0.15) is 12.6 Å². The predicted octanol–water partition coefficient (Wildman–Crippen LogP) is 1.76. The van der Waals surface area contributed by atoms with Crippen molar-refractivity contribution in [3.63, 3.8) is 0 Å². The minimum atomic E-state index is -0.234. The van der Waals surface area contributed by atoms with Crippen molar-refractivity contribution in [2.24, 2.45) is 12.1 Å². The highest BCUT2D eigenvalue weighted by molar-refractivity contribution is 6.00. The van der Waals surface area contributed by atoms with Crippen LogP contribution in [0.5, 0.6) is 0 Å². The Morgan fingerprint density at radius 2 is 2.14 bits per heavy atom. The summed E-state index contributed by atoms with van der Waals surface area (Å²) in [4.78, 5) is 15.1. The fourth-order valence-electron chi connectivity index (χ4n) is 2.15. The van der Waals surface area contributed by atoms with Crippen LogP contribution in [0.15, 0.2) is 60.1 Å². The number of aromatic nitrogens is 2. The lowest BCUT2D eigenvalue weighted by molar-refractivity contribution is -0.671. The summed E-state index contributed by atoms with van der Waals surface area (Å²) in [6.07, 6.45) is 7.12. The van der Waals surface area contributed by atoms with Crippen LogP contribution in [0, 0.1) is 0 Å². The SMILES string of the molecule is C[n+]1cccc(C(=O)NN=Cc2c[nH]c3ccccc23)c1. The summed E-state index contributed by atoms with van der Waals surface area (Å²) in [7, 11) is 1.87. The third-order valence-electron chi connectivity index (χ3n) is 3.19. The second-order valence-electron chi connectivity index (χ2n) is 4.75. The number of hydrogen-bond acceptors (Lipinski definition) is 2. The summed E-state index contributed by atoms with van der Waals surface area (Å²) in [5, 5.41) is 5.09. The van der Waals surface area contributed by atoms with Crippen LogP contribution in [-0.2, 0) is 7.05 Å². The van der Waals surface area contributed by atoms with E-state index in [-0.39, 0.29) is 5.91 Å². The number of nitrogens with one attached hydrogen (secondary N) is 2. The van der Waals surface area contributed by atoms with Gasteiger partial charge in [0, 0.05) is 28.7 Å². The lowest BCUT2D eigenvalue weighted by Gasteiger charge is -1.97. The fourth-order valence-corrected chi connectivity index (χ4v) is 2.15. The quantitative estimate of drug-likeness (QED) is 0.428. The van der Waals surface area contributed by atoms with Crippen LogP contribution in [0.4, 0.5) is 0 Å². The maximum Gasteiger partial charge on any atom is 0.277 e. The van der Waals surface area contributed by atoms with Gasteiger partial charge in [-0.15, -0.1) is 0 Å². The van der Waals surface area contributed by atoms with Crippen LogP contribution in [0.2, 0.25) is 0 Å². The van der Waals surface area contributed by atoms with Crippen molar-refractivity contribution in [3.8, 4) is 0 Å². The van der Waals surface area contributed by atoms with Gasteiger partial charge in [0.25, 0.3) is 5.91 Å². The molecule has 5 heteroatoms. The Morgan fingerprint density at radius 3 is 3.00 bits per heavy atom. The molecule has 0 unspecified atom stereocenters. The van der Waals surface area contributed by atoms with E-state index < -0.39 is 0 Å². The number of H-pyrrole nitrogens is 1. The number of nitrogens with zero attached hydrogens (tertiary/aromatic N) is 2. The van der Waals surface area contributed by atoms with E-state index in [1.807, 2.05) is 54.3 Å². The van der Waals surface area contributed by atoms with Gasteiger partial charge < -0.3 is 4.98 Å². The Labute approximate surface area is 121 Å². The molecule has 3 aromatic rings. The molecule has 2 aromatic heterocycles. The number of hydrazone groups is 1. The van der Waals surface area contributed by atoms with E-state index in [1.165, 1.54) is 0 Å². The van der Waals surface area contributed by atoms with Gasteiger partial charge in [-0.1, -0.05) is 18.2 Å². The normalized spacial score (nSPS) is 11.1. The first-order valence-corrected chi connectivity index (χ1v) is 6.59. The molecule has 1 amide bonds. The van der Waals surface area contributed by atoms with E-state index in [1.54, 1.807) is 18.5 Å². The molecule has 2 heterocycles. The zero-order valence-electron chi connectivity index (χ0n) is 11.6. The highest BCUT2D eigenvalue weighted by Crippen LogP contribution is 2.15. The molecule has 0 saturated heterocycles. The van der Waals surface area contributed by atoms with Crippen LogP contribution in [0.25, 0.3) is 10.9 Å². The van der Waals surface area contributed by atoms with Crippen molar-refractivity contribution < 1.29 is 9.36 Å². The molecule has 104 valence electrons. The van der Waals surface area contributed by atoms with Crippen molar-refractivity contribution in [1.82, 2.24) is 10.4 Å². The molecule has 0 saturated carbocycles. The smallest absolute Gasteiger partial charge is 0.277 e. The number of carbonyl (C=O) groups is 1. The molecule has 5 nitrogen and oxygen atoms in total. The van der Waals surface area contributed by atoms with Crippen molar-refractivity contribution in [2.75, 3.05) is 0 Å². The Bertz CT molecular complexity index is 820. The molecule has 2 N–H and O–H groups in total. The number of hydrogen-bond donors (Lipinski definition) is 2. The lowest BCUT2D eigenvalue weighted by atomic mass is 10.2. The summed E-state index contributed by atoms with van der Waals surface area (Å²) in [6, 6.07) is 11.5. The number of rotatable bonds is 3. The number of para-hydroxylation sites is 1. The van der Waals surface area contributed by atoms with Gasteiger partial charge in [0.2, 0.25) is 0 Å². The number of amides is 1. The number of aryl methyl sites for hydroxylation is 1. The molecular formula is C16H15N4O+. The number of carbonyl (C=O) groups excluding carboxylic acids is 1. The van der Waals surface area contributed by atoms with Crippen LogP contribution in [-0.4, -0.2) is 17.1 Å². The third-order valence-corrected chi connectivity index (χ3v) is 3.19. The van der Waals surface area contributed by atoms with Gasteiger partial charge >= 0.3 is 0 Å². The molecule has 3 rings (SSSR count). The number of aromatic amines is 1. The first-order valence-electron chi connectivity index (χ1n) is 6.59. The second-order valence-corrected chi connectivity index (χ2v) is 4.75. The van der Waals surface area contributed by atoms with Crippen LogP contribution in [0.1, 0.15) is 15.9 Å². The van der Waals surface area contributed by atoms with Crippen molar-refractivity contribution in [1.29, 1.82) is 0 Å². The topological polar surface area (TPSA) is 61.1 Å². The molecule has 0 radical (unpaired) electrons. The number of fused-ring (bicyclic) bond motifs is 1. The molecule has 0 atom stereocenters. The van der Waals surface area contributed by atoms with Gasteiger partial charge in [0.15, 0.2) is 12.4 Å². The van der Waals surface area contributed by atoms with E-state index in [0.717, 1.165) is 16.5 Å². The minimum Gasteiger partial charge on any atom is -0.361 e. The molecule has 0 spiro atoms. The molecule has 0 aliphatic carbocycles. The molecule has 0 aliphatic heterocycles. The molecule has 0 fully saturated rings. The number of benzene rings is 1. The van der Waals surface area contributed by atoms with Gasteiger partial charge in [-0.25, -0.2) is 9.99 Å². The zero-order chi connectivity index (χ0) is 14.7.